The number of pyridine rings is 1. The first-order valence-corrected chi connectivity index (χ1v) is 12.7. The Kier molecular flexibility index (Phi) is 8.58. The van der Waals surface area contributed by atoms with E-state index in [1.807, 2.05) is 26.0 Å². The van der Waals surface area contributed by atoms with Crippen LogP contribution in [0, 0.1) is 20.8 Å². The van der Waals surface area contributed by atoms with Gasteiger partial charge in [-0.05, 0) is 109 Å². The molecule has 1 heterocycles. The van der Waals surface area contributed by atoms with Crippen molar-refractivity contribution >= 4 is 11.6 Å². The second-order valence-corrected chi connectivity index (χ2v) is 9.98. The highest BCUT2D eigenvalue weighted by Gasteiger charge is 2.28. The molecule has 0 atom stereocenters. The Morgan fingerprint density at radius 1 is 1.03 bits per heavy atom. The molecule has 6 nitrogen and oxygen atoms in total. The Morgan fingerprint density at radius 2 is 1.68 bits per heavy atom. The van der Waals surface area contributed by atoms with Gasteiger partial charge in [-0.1, -0.05) is 6.92 Å². The molecular weight excluding hydrogens is 424 g/mol. The molecule has 2 N–H and O–H groups in total. The van der Waals surface area contributed by atoms with Gasteiger partial charge in [0.05, 0.1) is 0 Å². The van der Waals surface area contributed by atoms with Crippen LogP contribution in [0.15, 0.2) is 23.0 Å². The number of carbonyl (C=O) groups excluding carboxylic acids is 1. The van der Waals surface area contributed by atoms with Crippen molar-refractivity contribution in [3.63, 3.8) is 0 Å². The van der Waals surface area contributed by atoms with E-state index in [0.717, 1.165) is 35.3 Å². The average Bonchev–Trinajstić information content (AvgIpc) is 2.80. The number of nitrogens with one attached hydrogen (secondary N) is 2. The summed E-state index contributed by atoms with van der Waals surface area (Å²) in [5.74, 6) is -0.124. The van der Waals surface area contributed by atoms with Crippen LogP contribution in [0.2, 0.25) is 0 Å². The topological polar surface area (TPSA) is 68.4 Å². The van der Waals surface area contributed by atoms with Gasteiger partial charge in [-0.25, -0.2) is 0 Å². The smallest absolute Gasteiger partial charge is 0.253 e. The van der Waals surface area contributed by atoms with E-state index in [0.29, 0.717) is 23.2 Å². The molecule has 1 saturated carbocycles. The number of aromatic amines is 1. The maximum atomic E-state index is 13.3. The third-order valence-electron chi connectivity index (χ3n) is 7.50. The van der Waals surface area contributed by atoms with E-state index in [1.165, 1.54) is 31.4 Å². The first kappa shape index (κ1) is 26.0. The number of benzene rings is 1. The van der Waals surface area contributed by atoms with Crippen molar-refractivity contribution in [3.8, 4) is 0 Å². The lowest BCUT2D eigenvalue weighted by Gasteiger charge is -2.40. The van der Waals surface area contributed by atoms with Crippen LogP contribution >= 0.6 is 0 Å². The van der Waals surface area contributed by atoms with Gasteiger partial charge >= 0.3 is 0 Å². The van der Waals surface area contributed by atoms with E-state index in [2.05, 4.69) is 61.0 Å². The van der Waals surface area contributed by atoms with Gasteiger partial charge in [0, 0.05) is 47.7 Å². The quantitative estimate of drug-likeness (QED) is 0.601. The molecule has 1 aromatic carbocycles. The highest BCUT2D eigenvalue weighted by Crippen LogP contribution is 2.33. The molecule has 1 fully saturated rings. The largest absolute Gasteiger partial charge is 0.369 e. The van der Waals surface area contributed by atoms with E-state index in [4.69, 9.17) is 0 Å². The standard InChI is InChI=1S/C28H42N4O2/c1-8-21-15-24(27(33)29-17-25-18(3)14-19(4)30-28(25)34)20(5)26(16-21)32(9-2)23-12-10-22(11-13-23)31(6)7/h14-16,22-23H,8-13,17H2,1-7H3,(H,29,33)(H,30,34)/t22-,23-. The van der Waals surface area contributed by atoms with Crippen molar-refractivity contribution in [2.45, 2.75) is 85.4 Å². The molecule has 0 saturated heterocycles. The molecule has 0 radical (unpaired) electrons. The van der Waals surface area contributed by atoms with Gasteiger partial charge in [0.1, 0.15) is 0 Å². The molecule has 0 spiro atoms. The van der Waals surface area contributed by atoms with Gasteiger partial charge in [0.2, 0.25) is 0 Å². The Hall–Kier alpha value is -2.60. The third kappa shape index (κ3) is 5.72. The summed E-state index contributed by atoms with van der Waals surface area (Å²) in [5, 5.41) is 3.01. The highest BCUT2D eigenvalue weighted by atomic mass is 16.1. The van der Waals surface area contributed by atoms with Crippen molar-refractivity contribution < 1.29 is 4.79 Å². The Balaban J connectivity index is 1.85. The molecular formula is C28H42N4O2. The second kappa shape index (κ2) is 11.2. The predicted molar refractivity (Wildman–Crippen MR) is 141 cm³/mol. The van der Waals surface area contributed by atoms with Crippen LogP contribution in [-0.2, 0) is 13.0 Å². The van der Waals surface area contributed by atoms with Gasteiger partial charge < -0.3 is 20.1 Å². The van der Waals surface area contributed by atoms with Crippen molar-refractivity contribution in [1.29, 1.82) is 0 Å². The van der Waals surface area contributed by atoms with Crippen molar-refractivity contribution in [1.82, 2.24) is 15.2 Å². The molecule has 3 rings (SSSR count). The zero-order chi connectivity index (χ0) is 25.0. The van der Waals surface area contributed by atoms with Crippen LogP contribution in [0.1, 0.15) is 77.8 Å². The molecule has 1 aromatic heterocycles. The number of carbonyl (C=O) groups is 1. The molecule has 34 heavy (non-hydrogen) atoms. The fourth-order valence-corrected chi connectivity index (χ4v) is 5.37. The number of rotatable bonds is 8. The number of aryl methyl sites for hydroxylation is 3. The van der Waals surface area contributed by atoms with E-state index in [9.17, 15) is 9.59 Å². The zero-order valence-corrected chi connectivity index (χ0v) is 22.0. The number of nitrogens with zero attached hydrogens (tertiary/aromatic N) is 2. The summed E-state index contributed by atoms with van der Waals surface area (Å²) in [6.07, 6.45) is 5.62. The number of hydrogen-bond acceptors (Lipinski definition) is 4. The monoisotopic (exact) mass is 466 g/mol. The molecule has 1 aliphatic rings. The van der Waals surface area contributed by atoms with Crippen molar-refractivity contribution in [3.05, 3.63) is 62.1 Å². The molecule has 0 aliphatic heterocycles. The lowest BCUT2D eigenvalue weighted by molar-refractivity contribution is 0.0950. The maximum Gasteiger partial charge on any atom is 0.253 e. The number of aromatic nitrogens is 1. The molecule has 0 unspecified atom stereocenters. The Morgan fingerprint density at radius 3 is 2.24 bits per heavy atom. The van der Waals surface area contributed by atoms with Gasteiger partial charge in [-0.3, -0.25) is 9.59 Å². The number of hydrogen-bond donors (Lipinski definition) is 2. The summed E-state index contributed by atoms with van der Waals surface area (Å²) >= 11 is 0. The van der Waals surface area contributed by atoms with Crippen molar-refractivity contribution in [2.75, 3.05) is 25.5 Å². The fourth-order valence-electron chi connectivity index (χ4n) is 5.37. The van der Waals surface area contributed by atoms with E-state index >= 15 is 0 Å². The number of amides is 1. The minimum absolute atomic E-state index is 0.124. The van der Waals surface area contributed by atoms with Crippen LogP contribution in [0.25, 0.3) is 0 Å². The SMILES string of the molecule is CCc1cc(C(=O)NCc2c(C)cc(C)[nH]c2=O)c(C)c(N(CC)[C@H]2CC[C@H](N(C)C)CC2)c1. The van der Waals surface area contributed by atoms with Gasteiger partial charge in [0.25, 0.3) is 11.5 Å². The molecule has 1 amide bonds. The zero-order valence-electron chi connectivity index (χ0n) is 22.0. The lowest BCUT2D eigenvalue weighted by atomic mass is 9.88. The predicted octanol–water partition coefficient (Wildman–Crippen LogP) is 4.49. The summed E-state index contributed by atoms with van der Waals surface area (Å²) in [4.78, 5) is 33.4. The maximum absolute atomic E-state index is 13.3. The first-order chi connectivity index (χ1) is 16.2. The molecule has 1 aliphatic carbocycles. The minimum atomic E-state index is -0.136. The van der Waals surface area contributed by atoms with Crippen LogP contribution in [0.3, 0.4) is 0 Å². The summed E-state index contributed by atoms with van der Waals surface area (Å²) in [7, 11) is 4.35. The molecule has 2 aromatic rings. The van der Waals surface area contributed by atoms with Crippen LogP contribution in [0.5, 0.6) is 0 Å². The Bertz CT molecular complexity index is 1060. The van der Waals surface area contributed by atoms with Crippen LogP contribution in [-0.4, -0.2) is 48.5 Å². The summed E-state index contributed by atoms with van der Waals surface area (Å²) in [6.45, 7) is 11.3. The molecule has 0 bridgehead atoms. The lowest BCUT2D eigenvalue weighted by Crippen LogP contribution is -2.42. The second-order valence-electron chi connectivity index (χ2n) is 9.98. The first-order valence-electron chi connectivity index (χ1n) is 12.7. The Labute approximate surface area is 204 Å². The number of H-pyrrole nitrogens is 1. The minimum Gasteiger partial charge on any atom is -0.369 e. The van der Waals surface area contributed by atoms with Crippen molar-refractivity contribution in [2.24, 2.45) is 0 Å². The fraction of sp³-hybridized carbons (Fsp3) is 0.571. The van der Waals surface area contributed by atoms with E-state index in [-0.39, 0.29) is 18.0 Å². The van der Waals surface area contributed by atoms with Gasteiger partial charge in [0.15, 0.2) is 0 Å². The van der Waals surface area contributed by atoms with E-state index < -0.39 is 0 Å². The van der Waals surface area contributed by atoms with Crippen LogP contribution in [0.4, 0.5) is 5.69 Å². The normalized spacial score (nSPS) is 18.2. The van der Waals surface area contributed by atoms with Gasteiger partial charge in [-0.2, -0.15) is 0 Å². The summed E-state index contributed by atoms with van der Waals surface area (Å²) in [5.41, 5.74) is 6.25. The van der Waals surface area contributed by atoms with Crippen LogP contribution < -0.4 is 15.8 Å². The highest BCUT2D eigenvalue weighted by molar-refractivity contribution is 5.97. The molecule has 186 valence electrons. The average molecular weight is 467 g/mol. The summed E-state index contributed by atoms with van der Waals surface area (Å²) < 4.78 is 0. The third-order valence-corrected chi connectivity index (χ3v) is 7.50. The number of anilines is 1. The molecule has 6 heteroatoms. The summed E-state index contributed by atoms with van der Waals surface area (Å²) in [6, 6.07) is 7.37. The van der Waals surface area contributed by atoms with E-state index in [1.54, 1.807) is 0 Å². The van der Waals surface area contributed by atoms with Gasteiger partial charge in [-0.15, -0.1) is 0 Å².